The highest BCUT2D eigenvalue weighted by molar-refractivity contribution is 7.16. The summed E-state index contributed by atoms with van der Waals surface area (Å²) in [6.45, 7) is 0. The maximum atomic E-state index is 11.0. The average molecular weight is 332 g/mol. The second kappa shape index (κ2) is 6.13. The molecule has 3 aromatic rings. The number of halogens is 1. The van der Waals surface area contributed by atoms with Gasteiger partial charge in [0, 0.05) is 12.4 Å². The minimum atomic E-state index is -0.992. The largest absolute Gasteiger partial charge is 0.477 e. The lowest BCUT2D eigenvalue weighted by molar-refractivity contribution is 0.0702. The van der Waals surface area contributed by atoms with Crippen LogP contribution in [0.25, 0.3) is 10.6 Å². The van der Waals surface area contributed by atoms with Crippen LogP contribution in [-0.4, -0.2) is 21.0 Å². The monoisotopic (exact) mass is 331 g/mol. The van der Waals surface area contributed by atoms with Crippen LogP contribution in [0.3, 0.4) is 0 Å². The molecule has 0 unspecified atom stereocenters. The lowest BCUT2D eigenvalue weighted by Gasteiger charge is -2.11. The molecule has 0 fully saturated rings. The molecule has 1 aromatic carbocycles. The third-order valence-corrected chi connectivity index (χ3v) is 4.26. The number of rotatable bonds is 4. The van der Waals surface area contributed by atoms with Crippen LogP contribution >= 0.6 is 22.9 Å². The molecule has 0 aliphatic rings. The molecule has 5 nitrogen and oxygen atoms in total. The molecule has 0 bridgehead atoms. The van der Waals surface area contributed by atoms with Gasteiger partial charge in [0.1, 0.15) is 9.88 Å². The second-order valence-electron chi connectivity index (χ2n) is 4.36. The normalized spacial score (nSPS) is 10.4. The number of benzene rings is 1. The minimum absolute atomic E-state index is 0.183. The SMILES string of the molecule is O=C(O)c1cnc(-c2cnccc2Nc2ccccc2Cl)s1. The molecule has 2 N–H and O–H groups in total. The maximum Gasteiger partial charge on any atom is 0.347 e. The van der Waals surface area contributed by atoms with Crippen molar-refractivity contribution in [3.05, 3.63) is 58.8 Å². The van der Waals surface area contributed by atoms with Crippen molar-refractivity contribution >= 4 is 40.3 Å². The Labute approximate surface area is 135 Å². The molecule has 3 rings (SSSR count). The van der Waals surface area contributed by atoms with Crippen molar-refractivity contribution in [1.29, 1.82) is 0 Å². The fourth-order valence-electron chi connectivity index (χ4n) is 1.88. The molecule has 7 heteroatoms. The minimum Gasteiger partial charge on any atom is -0.477 e. The standard InChI is InChI=1S/C15H10ClN3O2S/c16-10-3-1-2-4-12(10)19-11-5-6-17-7-9(11)14-18-8-13(22-14)15(20)21/h1-8H,(H,17,19)(H,20,21). The lowest BCUT2D eigenvalue weighted by Crippen LogP contribution is -1.94. The molecule has 110 valence electrons. The number of nitrogens with zero attached hydrogens (tertiary/aromatic N) is 2. The molecule has 0 spiro atoms. The average Bonchev–Trinajstić information content (AvgIpc) is 3.00. The second-order valence-corrected chi connectivity index (χ2v) is 5.80. The van der Waals surface area contributed by atoms with Crippen molar-refractivity contribution in [2.45, 2.75) is 0 Å². The van der Waals surface area contributed by atoms with Gasteiger partial charge in [-0.3, -0.25) is 4.98 Å². The number of para-hydroxylation sites is 1. The van der Waals surface area contributed by atoms with Gasteiger partial charge in [0.15, 0.2) is 0 Å². The van der Waals surface area contributed by atoms with Crippen molar-refractivity contribution < 1.29 is 9.90 Å². The molecular weight excluding hydrogens is 322 g/mol. The summed E-state index contributed by atoms with van der Waals surface area (Å²) in [5.74, 6) is -0.992. The van der Waals surface area contributed by atoms with Gasteiger partial charge in [0.05, 0.1) is 28.2 Å². The summed E-state index contributed by atoms with van der Waals surface area (Å²) in [4.78, 5) is 19.4. The molecule has 2 aromatic heterocycles. The number of aromatic nitrogens is 2. The fraction of sp³-hybridized carbons (Fsp3) is 0. The third kappa shape index (κ3) is 2.93. The van der Waals surface area contributed by atoms with Crippen LogP contribution in [-0.2, 0) is 0 Å². The predicted octanol–water partition coefficient (Wildman–Crippen LogP) is 4.30. The van der Waals surface area contributed by atoms with Gasteiger partial charge < -0.3 is 10.4 Å². The van der Waals surface area contributed by atoms with E-state index >= 15 is 0 Å². The Kier molecular flexibility index (Phi) is 4.04. The molecule has 0 amide bonds. The van der Waals surface area contributed by atoms with E-state index in [1.165, 1.54) is 6.20 Å². The quantitative estimate of drug-likeness (QED) is 0.745. The number of anilines is 2. The van der Waals surface area contributed by atoms with E-state index in [1.54, 1.807) is 24.5 Å². The van der Waals surface area contributed by atoms with E-state index < -0.39 is 5.97 Å². The van der Waals surface area contributed by atoms with Crippen LogP contribution in [0.1, 0.15) is 9.67 Å². The molecule has 0 atom stereocenters. The molecule has 0 radical (unpaired) electrons. The Balaban J connectivity index is 1.99. The number of nitrogens with one attached hydrogen (secondary N) is 1. The van der Waals surface area contributed by atoms with Gasteiger partial charge in [-0.05, 0) is 18.2 Å². The van der Waals surface area contributed by atoms with E-state index in [0.717, 1.165) is 28.3 Å². The van der Waals surface area contributed by atoms with E-state index in [9.17, 15) is 4.79 Å². The first-order chi connectivity index (χ1) is 10.6. The van der Waals surface area contributed by atoms with Gasteiger partial charge >= 0.3 is 5.97 Å². The van der Waals surface area contributed by atoms with E-state index in [2.05, 4.69) is 15.3 Å². The van der Waals surface area contributed by atoms with Crippen LogP contribution in [0.4, 0.5) is 11.4 Å². The molecule has 0 saturated carbocycles. The zero-order valence-electron chi connectivity index (χ0n) is 11.2. The number of aromatic carboxylic acids is 1. The van der Waals surface area contributed by atoms with Crippen LogP contribution in [0.2, 0.25) is 5.02 Å². The molecular formula is C15H10ClN3O2S. The summed E-state index contributed by atoms with van der Waals surface area (Å²) in [7, 11) is 0. The Morgan fingerprint density at radius 2 is 2.00 bits per heavy atom. The van der Waals surface area contributed by atoms with Crippen molar-refractivity contribution in [3.8, 4) is 10.6 Å². The van der Waals surface area contributed by atoms with Crippen molar-refractivity contribution in [2.24, 2.45) is 0 Å². The van der Waals surface area contributed by atoms with E-state index in [-0.39, 0.29) is 4.88 Å². The first kappa shape index (κ1) is 14.5. The number of carboxylic acid groups (broad SMARTS) is 1. The van der Waals surface area contributed by atoms with Gasteiger partial charge in [0.2, 0.25) is 0 Å². The smallest absolute Gasteiger partial charge is 0.347 e. The topological polar surface area (TPSA) is 75.1 Å². The fourth-order valence-corrected chi connectivity index (χ4v) is 2.84. The molecule has 0 aliphatic heterocycles. The summed E-state index contributed by atoms with van der Waals surface area (Å²) in [6.07, 6.45) is 4.63. The van der Waals surface area contributed by atoms with E-state index in [4.69, 9.17) is 16.7 Å². The highest BCUT2D eigenvalue weighted by Gasteiger charge is 2.14. The first-order valence-corrected chi connectivity index (χ1v) is 7.49. The first-order valence-electron chi connectivity index (χ1n) is 6.30. The van der Waals surface area contributed by atoms with Gasteiger partial charge in [-0.25, -0.2) is 9.78 Å². The van der Waals surface area contributed by atoms with E-state index in [1.807, 2.05) is 18.2 Å². The summed E-state index contributed by atoms with van der Waals surface area (Å²) in [5, 5.41) is 13.4. The van der Waals surface area contributed by atoms with Crippen LogP contribution in [0, 0.1) is 0 Å². The summed E-state index contributed by atoms with van der Waals surface area (Å²) >= 11 is 7.25. The molecule has 22 heavy (non-hydrogen) atoms. The Bertz CT molecular complexity index is 835. The van der Waals surface area contributed by atoms with Gasteiger partial charge in [-0.1, -0.05) is 23.7 Å². The number of pyridine rings is 1. The number of hydrogen-bond acceptors (Lipinski definition) is 5. The molecule has 0 aliphatic carbocycles. The summed E-state index contributed by atoms with van der Waals surface area (Å²) < 4.78 is 0. The zero-order chi connectivity index (χ0) is 15.5. The highest BCUT2D eigenvalue weighted by atomic mass is 35.5. The maximum absolute atomic E-state index is 11.0. The highest BCUT2D eigenvalue weighted by Crippen LogP contribution is 2.34. The predicted molar refractivity (Wildman–Crippen MR) is 87.0 cm³/mol. The van der Waals surface area contributed by atoms with Crippen molar-refractivity contribution in [2.75, 3.05) is 5.32 Å². The van der Waals surface area contributed by atoms with Crippen molar-refractivity contribution in [3.63, 3.8) is 0 Å². The lowest BCUT2D eigenvalue weighted by atomic mass is 10.2. The zero-order valence-corrected chi connectivity index (χ0v) is 12.7. The third-order valence-electron chi connectivity index (χ3n) is 2.91. The molecule has 2 heterocycles. The number of carbonyl (C=O) groups is 1. The summed E-state index contributed by atoms with van der Waals surface area (Å²) in [6, 6.07) is 9.16. The van der Waals surface area contributed by atoms with Crippen LogP contribution in [0.5, 0.6) is 0 Å². The number of thiazole rings is 1. The van der Waals surface area contributed by atoms with Crippen LogP contribution in [0.15, 0.2) is 48.9 Å². The Morgan fingerprint density at radius 3 is 2.73 bits per heavy atom. The van der Waals surface area contributed by atoms with E-state index in [0.29, 0.717) is 10.0 Å². The van der Waals surface area contributed by atoms with Gasteiger partial charge in [-0.2, -0.15) is 0 Å². The summed E-state index contributed by atoms with van der Waals surface area (Å²) in [5.41, 5.74) is 2.24. The number of carboxylic acids is 1. The Hall–Kier alpha value is -2.44. The van der Waals surface area contributed by atoms with Crippen molar-refractivity contribution in [1.82, 2.24) is 9.97 Å². The number of hydrogen-bond donors (Lipinski definition) is 2. The molecule has 0 saturated heterocycles. The van der Waals surface area contributed by atoms with Crippen LogP contribution < -0.4 is 5.32 Å². The Morgan fingerprint density at radius 1 is 1.18 bits per heavy atom. The van der Waals surface area contributed by atoms with Gasteiger partial charge in [0.25, 0.3) is 0 Å². The van der Waals surface area contributed by atoms with Gasteiger partial charge in [-0.15, -0.1) is 11.3 Å².